The summed E-state index contributed by atoms with van der Waals surface area (Å²) in [6.45, 7) is 2.29. The maximum atomic E-state index is 3.32. The lowest BCUT2D eigenvalue weighted by molar-refractivity contribution is 0.532. The molecule has 0 aliphatic carbocycles. The molecule has 0 heterocycles. The van der Waals surface area contributed by atoms with Crippen LogP contribution in [0.5, 0.6) is 0 Å². The summed E-state index contributed by atoms with van der Waals surface area (Å²) in [6.07, 6.45) is 22.8. The van der Waals surface area contributed by atoms with Crippen molar-refractivity contribution in [3.63, 3.8) is 0 Å². The number of unbranched alkanes of at least 4 members (excludes halogenated alkanes) is 14. The van der Waals surface area contributed by atoms with Crippen LogP contribution in [-0.2, 0) is 6.42 Å². The average molecular weight is 316 g/mol. The molecule has 0 saturated carbocycles. The minimum Gasteiger partial charge on any atom is -0.0654 e. The molecule has 0 aliphatic heterocycles. The predicted octanol–water partition coefficient (Wildman–Crippen LogP) is 7.90. The van der Waals surface area contributed by atoms with Gasteiger partial charge in [0.25, 0.3) is 0 Å². The summed E-state index contributed by atoms with van der Waals surface area (Å²) >= 11 is 0. The van der Waals surface area contributed by atoms with Crippen molar-refractivity contribution in [1.29, 1.82) is 0 Å². The first-order valence-electron chi connectivity index (χ1n) is 10.4. The molecular formula is C23H39. The molecule has 1 rings (SSSR count). The Morgan fingerprint density at radius 3 is 1.52 bits per heavy atom. The summed E-state index contributed by atoms with van der Waals surface area (Å²) in [4.78, 5) is 0. The molecule has 0 amide bonds. The zero-order valence-electron chi connectivity index (χ0n) is 15.6. The van der Waals surface area contributed by atoms with E-state index in [1.54, 1.807) is 0 Å². The fraction of sp³-hybridized carbons (Fsp3) is 0.739. The first-order valence-corrected chi connectivity index (χ1v) is 10.4. The summed E-state index contributed by atoms with van der Waals surface area (Å²) in [6, 6.07) is 11.7. The standard InChI is InChI=1S/C23H39/c1-2-3-4-5-6-7-8-9-10-11-12-13-14-15-17-20-23-21-18-16-19-22-23/h16,18-19,21H,2-15,17,20H2,1H3. The van der Waals surface area contributed by atoms with Crippen molar-refractivity contribution in [2.45, 2.75) is 110 Å². The van der Waals surface area contributed by atoms with E-state index in [1.807, 2.05) is 6.07 Å². The molecule has 131 valence electrons. The SMILES string of the molecule is CCCCCCCCCCCCCCCCCc1[c]cccc1. The molecule has 0 heteroatoms. The van der Waals surface area contributed by atoms with E-state index in [1.165, 1.54) is 108 Å². The monoisotopic (exact) mass is 315 g/mol. The lowest BCUT2D eigenvalue weighted by atomic mass is 10.0. The highest BCUT2D eigenvalue weighted by Crippen LogP contribution is 2.14. The summed E-state index contributed by atoms with van der Waals surface area (Å²) in [5, 5.41) is 0. The third-order valence-electron chi connectivity index (χ3n) is 4.82. The van der Waals surface area contributed by atoms with Crippen molar-refractivity contribution in [3.05, 3.63) is 35.9 Å². The molecule has 0 aliphatic rings. The molecule has 0 bridgehead atoms. The Bertz CT molecular complexity index is 327. The van der Waals surface area contributed by atoms with E-state index in [4.69, 9.17) is 0 Å². The maximum absolute atomic E-state index is 3.32. The Morgan fingerprint density at radius 2 is 1.09 bits per heavy atom. The molecular weight excluding hydrogens is 276 g/mol. The Balaban J connectivity index is 1.72. The van der Waals surface area contributed by atoms with Crippen LogP contribution in [0.15, 0.2) is 24.3 Å². The van der Waals surface area contributed by atoms with Crippen LogP contribution in [0.4, 0.5) is 0 Å². The van der Waals surface area contributed by atoms with Crippen LogP contribution in [-0.4, -0.2) is 0 Å². The number of hydrogen-bond acceptors (Lipinski definition) is 0. The minimum absolute atomic E-state index is 1.21. The topological polar surface area (TPSA) is 0 Å². The fourth-order valence-electron chi connectivity index (χ4n) is 3.27. The zero-order valence-corrected chi connectivity index (χ0v) is 15.6. The van der Waals surface area contributed by atoms with Gasteiger partial charge in [-0.25, -0.2) is 0 Å². The Hall–Kier alpha value is -0.780. The van der Waals surface area contributed by atoms with E-state index in [2.05, 4.69) is 31.2 Å². The van der Waals surface area contributed by atoms with Gasteiger partial charge in [0.1, 0.15) is 0 Å². The second-order valence-electron chi connectivity index (χ2n) is 7.09. The van der Waals surface area contributed by atoms with Gasteiger partial charge in [-0.15, -0.1) is 0 Å². The van der Waals surface area contributed by atoms with E-state index in [0.29, 0.717) is 0 Å². The fourth-order valence-corrected chi connectivity index (χ4v) is 3.27. The molecule has 0 aromatic heterocycles. The van der Waals surface area contributed by atoms with Gasteiger partial charge in [0, 0.05) is 0 Å². The van der Waals surface area contributed by atoms with Crippen LogP contribution < -0.4 is 0 Å². The first-order chi connectivity index (χ1) is 11.4. The molecule has 0 fully saturated rings. The number of hydrogen-bond donors (Lipinski definition) is 0. The van der Waals surface area contributed by atoms with Gasteiger partial charge in [0.2, 0.25) is 0 Å². The van der Waals surface area contributed by atoms with Crippen molar-refractivity contribution in [3.8, 4) is 0 Å². The van der Waals surface area contributed by atoms with E-state index in [9.17, 15) is 0 Å². The molecule has 0 nitrogen and oxygen atoms in total. The van der Waals surface area contributed by atoms with Gasteiger partial charge < -0.3 is 0 Å². The molecule has 1 aromatic rings. The summed E-state index contributed by atoms with van der Waals surface area (Å²) in [5.41, 5.74) is 1.38. The van der Waals surface area contributed by atoms with Gasteiger partial charge in [0.05, 0.1) is 0 Å². The van der Waals surface area contributed by atoms with Gasteiger partial charge in [0.15, 0.2) is 0 Å². The smallest absolute Gasteiger partial charge is 0.0149 e. The zero-order chi connectivity index (χ0) is 16.4. The second-order valence-corrected chi connectivity index (χ2v) is 7.09. The highest BCUT2D eigenvalue weighted by molar-refractivity contribution is 5.12. The molecule has 0 saturated heterocycles. The molecule has 23 heavy (non-hydrogen) atoms. The Kier molecular flexibility index (Phi) is 14.2. The summed E-state index contributed by atoms with van der Waals surface area (Å²) in [7, 11) is 0. The average Bonchev–Trinajstić information content (AvgIpc) is 2.59. The van der Waals surface area contributed by atoms with E-state index >= 15 is 0 Å². The Morgan fingerprint density at radius 1 is 0.609 bits per heavy atom. The second kappa shape index (κ2) is 16.1. The quantitative estimate of drug-likeness (QED) is 0.272. The van der Waals surface area contributed by atoms with Crippen molar-refractivity contribution < 1.29 is 0 Å². The number of rotatable bonds is 16. The largest absolute Gasteiger partial charge is 0.0654 e. The van der Waals surface area contributed by atoms with E-state index in [-0.39, 0.29) is 0 Å². The molecule has 0 N–H and O–H groups in total. The number of benzene rings is 1. The summed E-state index contributed by atoms with van der Waals surface area (Å²) < 4.78 is 0. The maximum Gasteiger partial charge on any atom is -0.0149 e. The van der Waals surface area contributed by atoms with Gasteiger partial charge in [-0.1, -0.05) is 121 Å². The minimum atomic E-state index is 1.21. The van der Waals surface area contributed by atoms with Crippen molar-refractivity contribution in [2.24, 2.45) is 0 Å². The molecule has 0 unspecified atom stereocenters. The van der Waals surface area contributed by atoms with Gasteiger partial charge in [-0.3, -0.25) is 0 Å². The highest BCUT2D eigenvalue weighted by atomic mass is 14.0. The predicted molar refractivity (Wildman–Crippen MR) is 104 cm³/mol. The molecule has 0 spiro atoms. The van der Waals surface area contributed by atoms with Gasteiger partial charge in [-0.2, -0.15) is 0 Å². The van der Waals surface area contributed by atoms with Crippen LogP contribution in [0.2, 0.25) is 0 Å². The van der Waals surface area contributed by atoms with Crippen LogP contribution in [0.1, 0.15) is 109 Å². The van der Waals surface area contributed by atoms with Crippen LogP contribution in [0.25, 0.3) is 0 Å². The summed E-state index contributed by atoms with van der Waals surface area (Å²) in [5.74, 6) is 0. The lowest BCUT2D eigenvalue weighted by Crippen LogP contribution is -1.86. The van der Waals surface area contributed by atoms with Crippen LogP contribution in [0, 0.1) is 6.07 Å². The van der Waals surface area contributed by atoms with Gasteiger partial charge in [-0.05, 0) is 24.5 Å². The molecule has 0 atom stereocenters. The van der Waals surface area contributed by atoms with E-state index in [0.717, 1.165) is 0 Å². The normalized spacial score (nSPS) is 11.0. The van der Waals surface area contributed by atoms with Crippen molar-refractivity contribution in [2.75, 3.05) is 0 Å². The van der Waals surface area contributed by atoms with E-state index < -0.39 is 0 Å². The van der Waals surface area contributed by atoms with Crippen molar-refractivity contribution in [1.82, 2.24) is 0 Å². The Labute approximate surface area is 146 Å². The highest BCUT2D eigenvalue weighted by Gasteiger charge is 1.95. The molecule has 1 aromatic carbocycles. The number of aryl methyl sites for hydroxylation is 1. The molecule has 1 radical (unpaired) electrons. The third-order valence-corrected chi connectivity index (χ3v) is 4.82. The van der Waals surface area contributed by atoms with Crippen LogP contribution in [0.3, 0.4) is 0 Å². The first kappa shape index (κ1) is 20.3. The van der Waals surface area contributed by atoms with Crippen molar-refractivity contribution >= 4 is 0 Å². The van der Waals surface area contributed by atoms with Gasteiger partial charge >= 0.3 is 0 Å². The van der Waals surface area contributed by atoms with Crippen LogP contribution >= 0.6 is 0 Å². The lowest BCUT2D eigenvalue weighted by Gasteiger charge is -2.03. The third kappa shape index (κ3) is 13.4.